The van der Waals surface area contributed by atoms with Crippen LogP contribution in [0.25, 0.3) is 0 Å². The first kappa shape index (κ1) is 17.8. The largest absolute Gasteiger partial charge is 0.343 e. The molecule has 28 heavy (non-hydrogen) atoms. The zero-order chi connectivity index (χ0) is 19.4. The van der Waals surface area contributed by atoms with Gasteiger partial charge < -0.3 is 5.32 Å². The molecule has 2 aliphatic rings. The van der Waals surface area contributed by atoms with Gasteiger partial charge in [-0.1, -0.05) is 35.3 Å². The van der Waals surface area contributed by atoms with Gasteiger partial charge in [-0.25, -0.2) is 0 Å². The van der Waals surface area contributed by atoms with E-state index in [1.165, 1.54) is 4.88 Å². The molecular weight excluding hydrogens is 417 g/mol. The van der Waals surface area contributed by atoms with Crippen LogP contribution in [-0.2, 0) is 4.79 Å². The molecule has 0 saturated heterocycles. The Morgan fingerprint density at radius 1 is 0.964 bits per heavy atom. The summed E-state index contributed by atoms with van der Waals surface area (Å²) in [5, 5.41) is 11.7. The van der Waals surface area contributed by atoms with Crippen LogP contribution >= 0.6 is 34.5 Å². The summed E-state index contributed by atoms with van der Waals surface area (Å²) in [5.74, 6) is 0.0938. The van der Waals surface area contributed by atoms with Crippen LogP contribution in [0.1, 0.15) is 40.7 Å². The highest BCUT2D eigenvalue weighted by molar-refractivity contribution is 7.10. The maximum Gasteiger partial charge on any atom is 0.270 e. The lowest BCUT2D eigenvalue weighted by atomic mass is 9.74. The summed E-state index contributed by atoms with van der Waals surface area (Å²) in [6.45, 7) is 0. The highest BCUT2D eigenvalue weighted by atomic mass is 35.5. The van der Waals surface area contributed by atoms with Crippen molar-refractivity contribution in [2.45, 2.75) is 24.7 Å². The Morgan fingerprint density at radius 2 is 1.75 bits per heavy atom. The van der Waals surface area contributed by atoms with E-state index < -0.39 is 5.92 Å². The second kappa shape index (κ2) is 6.65. The summed E-state index contributed by atoms with van der Waals surface area (Å²) in [5.41, 5.74) is 2.15. The highest BCUT2D eigenvalue weighted by Gasteiger charge is 2.42. The molecule has 2 atom stereocenters. The maximum atomic E-state index is 13.3. The van der Waals surface area contributed by atoms with Gasteiger partial charge in [-0.15, -0.1) is 11.3 Å². The molecule has 3 aromatic rings. The monoisotopic (exact) mass is 431 g/mol. The average Bonchev–Trinajstić information content (AvgIpc) is 3.31. The standard InChI is InChI=1S/C20H15Cl2N3O2S/c21-10-3-1-4-11(22)15(10)17-16-12(23-19-18(17)20(27)25-24-19)7-9(8-13(16)26)14-5-2-6-28-14/h1-6,9,17H,7-8H2,(H3,23,24,25,27)/t9-,17-/m0/s1. The fourth-order valence-corrected chi connectivity index (χ4v) is 5.67. The second-order valence-corrected chi connectivity index (χ2v) is 8.79. The first-order valence-electron chi connectivity index (χ1n) is 8.85. The zero-order valence-corrected chi connectivity index (χ0v) is 16.8. The summed E-state index contributed by atoms with van der Waals surface area (Å²) >= 11 is 14.6. The molecule has 3 heterocycles. The third-order valence-corrected chi connectivity index (χ3v) is 7.10. The lowest BCUT2D eigenvalue weighted by Gasteiger charge is -2.34. The number of allylic oxidation sites excluding steroid dienone is 2. The molecule has 0 spiro atoms. The minimum absolute atomic E-state index is 0.0133. The smallest absolute Gasteiger partial charge is 0.270 e. The number of halogens is 2. The van der Waals surface area contributed by atoms with Crippen LogP contribution < -0.4 is 10.9 Å². The summed E-state index contributed by atoms with van der Waals surface area (Å²) < 4.78 is 0. The molecule has 1 aliphatic carbocycles. The molecule has 0 fully saturated rings. The van der Waals surface area contributed by atoms with Gasteiger partial charge >= 0.3 is 0 Å². The van der Waals surface area contributed by atoms with Crippen LogP contribution in [0.3, 0.4) is 0 Å². The highest BCUT2D eigenvalue weighted by Crippen LogP contribution is 2.49. The van der Waals surface area contributed by atoms with Gasteiger partial charge in [0.15, 0.2) is 5.78 Å². The van der Waals surface area contributed by atoms with Crippen molar-refractivity contribution < 1.29 is 4.79 Å². The van der Waals surface area contributed by atoms with Gasteiger partial charge in [0.25, 0.3) is 5.56 Å². The van der Waals surface area contributed by atoms with Crippen molar-refractivity contribution in [2.75, 3.05) is 5.32 Å². The first-order valence-corrected chi connectivity index (χ1v) is 10.5. The Balaban J connectivity index is 1.71. The van der Waals surface area contributed by atoms with Gasteiger partial charge in [0.2, 0.25) is 0 Å². The first-order chi connectivity index (χ1) is 13.5. The molecule has 0 radical (unpaired) electrons. The number of aromatic nitrogens is 2. The molecule has 5 nitrogen and oxygen atoms in total. The van der Waals surface area contributed by atoms with Gasteiger partial charge in [-0.2, -0.15) is 0 Å². The van der Waals surface area contributed by atoms with Crippen molar-refractivity contribution >= 4 is 46.1 Å². The number of ketones is 1. The van der Waals surface area contributed by atoms with Crippen LogP contribution in [-0.4, -0.2) is 16.0 Å². The molecule has 8 heteroatoms. The zero-order valence-electron chi connectivity index (χ0n) is 14.5. The Kier molecular flexibility index (Phi) is 4.23. The molecule has 3 N–H and O–H groups in total. The van der Waals surface area contributed by atoms with Crippen molar-refractivity contribution in [1.29, 1.82) is 0 Å². The van der Waals surface area contributed by atoms with Crippen LogP contribution in [0.5, 0.6) is 0 Å². The van der Waals surface area contributed by atoms with Crippen molar-refractivity contribution in [3.63, 3.8) is 0 Å². The van der Waals surface area contributed by atoms with E-state index in [-0.39, 0.29) is 17.3 Å². The van der Waals surface area contributed by atoms with Gasteiger partial charge in [-0.3, -0.25) is 19.8 Å². The topological polar surface area (TPSA) is 77.8 Å². The maximum absolute atomic E-state index is 13.3. The van der Waals surface area contributed by atoms with Crippen molar-refractivity contribution in [3.05, 3.63) is 83.4 Å². The Morgan fingerprint density at radius 3 is 2.46 bits per heavy atom. The molecule has 5 rings (SSSR count). The number of aromatic amines is 2. The Labute approximate surface area is 174 Å². The van der Waals surface area contributed by atoms with Crippen molar-refractivity contribution in [1.82, 2.24) is 10.2 Å². The Hall–Kier alpha value is -2.28. The summed E-state index contributed by atoms with van der Waals surface area (Å²) in [6.07, 6.45) is 1.09. The van der Waals surface area contributed by atoms with Crippen molar-refractivity contribution in [2.24, 2.45) is 0 Å². The molecular formula is C20H15Cl2N3O2S. The molecule has 0 amide bonds. The van der Waals surface area contributed by atoms with Gasteiger partial charge in [0, 0.05) is 44.1 Å². The van der Waals surface area contributed by atoms with Crippen LogP contribution in [0.15, 0.2) is 51.8 Å². The average molecular weight is 432 g/mol. The van der Waals surface area contributed by atoms with E-state index in [1.54, 1.807) is 29.5 Å². The minimum atomic E-state index is -0.598. The van der Waals surface area contributed by atoms with E-state index in [2.05, 4.69) is 21.6 Å². The van der Waals surface area contributed by atoms with Gasteiger partial charge in [-0.05, 0) is 30.0 Å². The number of carbonyl (C=O) groups is 1. The van der Waals surface area contributed by atoms with Gasteiger partial charge in [0.1, 0.15) is 5.82 Å². The van der Waals surface area contributed by atoms with E-state index in [9.17, 15) is 9.59 Å². The molecule has 1 aromatic carbocycles. The number of H-pyrrole nitrogens is 2. The predicted octanol–water partition coefficient (Wildman–Crippen LogP) is 5.03. The molecule has 2 aromatic heterocycles. The van der Waals surface area contributed by atoms with Crippen LogP contribution in [0, 0.1) is 0 Å². The number of thiophene rings is 1. The molecule has 0 saturated carbocycles. The van der Waals surface area contributed by atoms with E-state index in [1.807, 2.05) is 11.4 Å². The van der Waals surface area contributed by atoms with Crippen molar-refractivity contribution in [3.8, 4) is 0 Å². The molecule has 1 aliphatic heterocycles. The van der Waals surface area contributed by atoms with E-state index >= 15 is 0 Å². The number of Topliss-reactive ketones (excluding diaryl/α,β-unsaturated/α-hetero) is 1. The minimum Gasteiger partial charge on any atom is -0.343 e. The molecule has 0 unspecified atom stereocenters. The number of hydrogen-bond donors (Lipinski definition) is 3. The lowest BCUT2D eigenvalue weighted by molar-refractivity contribution is -0.116. The SMILES string of the molecule is O=C1C[C@@H](c2cccs2)CC2=C1[C@H](c1c(Cl)cccc1Cl)c1c([nH][nH]c1=O)N2. The van der Waals surface area contributed by atoms with E-state index in [0.717, 1.165) is 5.70 Å². The fourth-order valence-electron chi connectivity index (χ4n) is 4.22. The number of fused-ring (bicyclic) bond motifs is 1. The van der Waals surface area contributed by atoms with Crippen LogP contribution in [0.2, 0.25) is 10.0 Å². The number of nitrogens with one attached hydrogen (secondary N) is 3. The normalized spacial score (nSPS) is 21.3. The number of carbonyl (C=O) groups excluding carboxylic acids is 1. The lowest BCUT2D eigenvalue weighted by Crippen LogP contribution is -2.31. The number of anilines is 1. The molecule has 142 valence electrons. The van der Waals surface area contributed by atoms with Gasteiger partial charge in [0.05, 0.1) is 11.5 Å². The predicted molar refractivity (Wildman–Crippen MR) is 112 cm³/mol. The number of benzene rings is 1. The summed E-state index contributed by atoms with van der Waals surface area (Å²) in [6, 6.07) is 9.27. The number of rotatable bonds is 2. The van der Waals surface area contributed by atoms with Crippen LogP contribution in [0.4, 0.5) is 5.82 Å². The van der Waals surface area contributed by atoms with E-state index in [0.29, 0.717) is 45.4 Å². The summed E-state index contributed by atoms with van der Waals surface area (Å²) in [4.78, 5) is 27.0. The van der Waals surface area contributed by atoms with E-state index in [4.69, 9.17) is 23.2 Å². The number of hydrogen-bond acceptors (Lipinski definition) is 4. The second-order valence-electron chi connectivity index (χ2n) is 7.00. The quantitative estimate of drug-likeness (QED) is 0.532. The Bertz CT molecular complexity index is 1160. The fraction of sp³-hybridized carbons (Fsp3) is 0.200. The molecule has 0 bridgehead atoms. The third kappa shape index (κ3) is 2.67. The summed E-state index contributed by atoms with van der Waals surface area (Å²) in [7, 11) is 0. The third-order valence-electron chi connectivity index (χ3n) is 5.41.